The number of benzene rings is 1. The van der Waals surface area contributed by atoms with E-state index in [-0.39, 0.29) is 0 Å². The van der Waals surface area contributed by atoms with E-state index in [1.54, 1.807) is 0 Å². The summed E-state index contributed by atoms with van der Waals surface area (Å²) in [7, 11) is 0. The second kappa shape index (κ2) is 4.73. The van der Waals surface area contributed by atoms with E-state index in [1.807, 2.05) is 12.1 Å². The smallest absolute Gasteiger partial charge is 0.134 e. The molecule has 1 aliphatic rings. The molecule has 0 aliphatic carbocycles. The zero-order valence-electron chi connectivity index (χ0n) is 10.3. The van der Waals surface area contributed by atoms with Crippen molar-refractivity contribution in [2.75, 3.05) is 11.4 Å². The maximum absolute atomic E-state index is 4.57. The maximum Gasteiger partial charge on any atom is 0.134 e. The van der Waals surface area contributed by atoms with Gasteiger partial charge in [0.05, 0.1) is 0 Å². The van der Waals surface area contributed by atoms with E-state index >= 15 is 0 Å². The highest BCUT2D eigenvalue weighted by atomic mass is 79.9. The van der Waals surface area contributed by atoms with Gasteiger partial charge in [0, 0.05) is 12.2 Å². The van der Waals surface area contributed by atoms with Crippen molar-refractivity contribution >= 4 is 27.4 Å². The molecule has 0 saturated carbocycles. The van der Waals surface area contributed by atoms with Crippen LogP contribution in [0.2, 0.25) is 0 Å². The molecule has 0 amide bonds. The number of pyridine rings is 1. The Morgan fingerprint density at radius 2 is 2.00 bits per heavy atom. The fourth-order valence-corrected chi connectivity index (χ4v) is 2.90. The Hall–Kier alpha value is -1.35. The second-order valence-corrected chi connectivity index (χ2v) is 5.68. The van der Waals surface area contributed by atoms with Gasteiger partial charge in [0.2, 0.25) is 0 Å². The lowest BCUT2D eigenvalue weighted by Gasteiger charge is -2.34. The van der Waals surface area contributed by atoms with Gasteiger partial charge in [-0.2, -0.15) is 0 Å². The molecule has 2 aromatic rings. The number of anilines is 2. The van der Waals surface area contributed by atoms with Crippen LogP contribution in [0.15, 0.2) is 47.1 Å². The lowest BCUT2D eigenvalue weighted by molar-refractivity contribution is 0.560. The zero-order chi connectivity index (χ0) is 12.5. The van der Waals surface area contributed by atoms with Gasteiger partial charge in [0.25, 0.3) is 0 Å². The molecule has 0 fully saturated rings. The zero-order valence-corrected chi connectivity index (χ0v) is 11.9. The standard InChI is InChI=1S/C15H15BrN2/c1-11-9-12-5-2-3-6-13(12)18(10-11)15-8-4-7-14(16)17-15/h2-8,11H,9-10H2,1H3. The summed E-state index contributed by atoms with van der Waals surface area (Å²) in [6.45, 7) is 3.32. The average Bonchev–Trinajstić information content (AvgIpc) is 2.37. The van der Waals surface area contributed by atoms with E-state index in [4.69, 9.17) is 0 Å². The van der Waals surface area contributed by atoms with Crippen LogP contribution in [-0.2, 0) is 6.42 Å². The topological polar surface area (TPSA) is 16.1 Å². The Bertz CT molecular complexity index is 568. The van der Waals surface area contributed by atoms with Crippen LogP contribution in [-0.4, -0.2) is 11.5 Å². The summed E-state index contributed by atoms with van der Waals surface area (Å²) in [4.78, 5) is 6.89. The van der Waals surface area contributed by atoms with E-state index < -0.39 is 0 Å². The first-order valence-corrected chi connectivity index (χ1v) is 7.01. The van der Waals surface area contributed by atoms with E-state index in [0.29, 0.717) is 5.92 Å². The number of fused-ring (bicyclic) bond motifs is 1. The number of aromatic nitrogens is 1. The third-order valence-electron chi connectivity index (χ3n) is 3.32. The molecule has 1 aromatic carbocycles. The number of halogens is 1. The molecular formula is C15H15BrN2. The van der Waals surface area contributed by atoms with Gasteiger partial charge in [0.1, 0.15) is 10.4 Å². The number of rotatable bonds is 1. The van der Waals surface area contributed by atoms with E-state index in [0.717, 1.165) is 23.4 Å². The largest absolute Gasteiger partial charge is 0.326 e. The minimum atomic E-state index is 0.653. The third kappa shape index (κ3) is 2.15. The van der Waals surface area contributed by atoms with Crippen LogP contribution >= 0.6 is 15.9 Å². The number of nitrogens with zero attached hydrogens (tertiary/aromatic N) is 2. The Morgan fingerprint density at radius 3 is 2.83 bits per heavy atom. The molecule has 3 rings (SSSR count). The molecule has 0 saturated heterocycles. The van der Waals surface area contributed by atoms with Crippen molar-refractivity contribution in [1.82, 2.24) is 4.98 Å². The first-order valence-electron chi connectivity index (χ1n) is 6.22. The monoisotopic (exact) mass is 302 g/mol. The van der Waals surface area contributed by atoms with Gasteiger partial charge in [-0.15, -0.1) is 0 Å². The molecule has 18 heavy (non-hydrogen) atoms. The quantitative estimate of drug-likeness (QED) is 0.735. The Morgan fingerprint density at radius 1 is 1.17 bits per heavy atom. The highest BCUT2D eigenvalue weighted by molar-refractivity contribution is 9.10. The molecule has 1 aromatic heterocycles. The number of hydrogen-bond donors (Lipinski definition) is 0. The van der Waals surface area contributed by atoms with Crippen LogP contribution in [0.4, 0.5) is 11.5 Å². The van der Waals surface area contributed by atoms with Crippen LogP contribution in [0.1, 0.15) is 12.5 Å². The molecular weight excluding hydrogens is 288 g/mol. The predicted octanol–water partition coefficient (Wildman–Crippen LogP) is 4.17. The number of para-hydroxylation sites is 1. The van der Waals surface area contributed by atoms with Gasteiger partial charge in [-0.3, -0.25) is 0 Å². The Balaban J connectivity index is 2.07. The number of hydrogen-bond acceptors (Lipinski definition) is 2. The Labute approximate surface area is 116 Å². The van der Waals surface area contributed by atoms with Crippen LogP contribution in [0.25, 0.3) is 0 Å². The fraction of sp³-hybridized carbons (Fsp3) is 0.267. The summed E-state index contributed by atoms with van der Waals surface area (Å²) >= 11 is 3.45. The van der Waals surface area contributed by atoms with Gasteiger partial charge >= 0.3 is 0 Å². The van der Waals surface area contributed by atoms with Gasteiger partial charge in [-0.1, -0.05) is 31.2 Å². The van der Waals surface area contributed by atoms with Gasteiger partial charge in [0.15, 0.2) is 0 Å². The minimum absolute atomic E-state index is 0.653. The SMILES string of the molecule is CC1Cc2ccccc2N(c2cccc(Br)n2)C1. The van der Waals surface area contributed by atoms with Crippen LogP contribution in [0, 0.1) is 5.92 Å². The maximum atomic E-state index is 4.57. The normalized spacial score (nSPS) is 18.6. The lowest BCUT2D eigenvalue weighted by Crippen LogP contribution is -2.30. The van der Waals surface area contributed by atoms with E-state index in [9.17, 15) is 0 Å². The first kappa shape index (κ1) is 11.7. The molecule has 1 aliphatic heterocycles. The summed E-state index contributed by atoms with van der Waals surface area (Å²) < 4.78 is 0.885. The Kier molecular flexibility index (Phi) is 3.08. The molecule has 2 nitrogen and oxygen atoms in total. The van der Waals surface area contributed by atoms with E-state index in [1.165, 1.54) is 11.3 Å². The van der Waals surface area contributed by atoms with Crippen molar-refractivity contribution in [3.05, 3.63) is 52.6 Å². The summed E-state index contributed by atoms with van der Waals surface area (Å²) in [5.74, 6) is 1.67. The molecule has 2 heterocycles. The molecule has 92 valence electrons. The first-order chi connectivity index (χ1) is 8.74. The van der Waals surface area contributed by atoms with Crippen molar-refractivity contribution in [3.63, 3.8) is 0 Å². The highest BCUT2D eigenvalue weighted by Gasteiger charge is 2.23. The van der Waals surface area contributed by atoms with Crippen molar-refractivity contribution < 1.29 is 0 Å². The highest BCUT2D eigenvalue weighted by Crippen LogP contribution is 2.34. The van der Waals surface area contributed by atoms with Crippen LogP contribution in [0.3, 0.4) is 0 Å². The van der Waals surface area contributed by atoms with Crippen molar-refractivity contribution in [2.24, 2.45) is 5.92 Å². The second-order valence-electron chi connectivity index (χ2n) is 4.87. The summed E-state index contributed by atoms with van der Waals surface area (Å²) in [5, 5.41) is 0. The predicted molar refractivity (Wildman–Crippen MR) is 78.3 cm³/mol. The minimum Gasteiger partial charge on any atom is -0.326 e. The molecule has 0 bridgehead atoms. The average molecular weight is 303 g/mol. The summed E-state index contributed by atoms with van der Waals surface area (Å²) in [6.07, 6.45) is 1.15. The summed E-state index contributed by atoms with van der Waals surface area (Å²) in [5.41, 5.74) is 2.71. The molecule has 3 heteroatoms. The lowest BCUT2D eigenvalue weighted by atomic mass is 9.94. The van der Waals surface area contributed by atoms with Gasteiger partial charge < -0.3 is 4.90 Å². The third-order valence-corrected chi connectivity index (χ3v) is 3.76. The van der Waals surface area contributed by atoms with Crippen molar-refractivity contribution in [1.29, 1.82) is 0 Å². The van der Waals surface area contributed by atoms with E-state index in [2.05, 4.69) is 63.1 Å². The molecule has 0 spiro atoms. The van der Waals surface area contributed by atoms with Crippen LogP contribution < -0.4 is 4.90 Å². The molecule has 1 unspecified atom stereocenters. The molecule has 0 radical (unpaired) electrons. The molecule has 1 atom stereocenters. The fourth-order valence-electron chi connectivity index (χ4n) is 2.56. The molecule has 0 N–H and O–H groups in total. The van der Waals surface area contributed by atoms with Gasteiger partial charge in [-0.05, 0) is 52.0 Å². The van der Waals surface area contributed by atoms with Gasteiger partial charge in [-0.25, -0.2) is 4.98 Å². The summed E-state index contributed by atoms with van der Waals surface area (Å²) in [6, 6.07) is 14.7. The van der Waals surface area contributed by atoms with Crippen molar-refractivity contribution in [2.45, 2.75) is 13.3 Å². The van der Waals surface area contributed by atoms with Crippen LogP contribution in [0.5, 0.6) is 0 Å². The van der Waals surface area contributed by atoms with Crippen molar-refractivity contribution in [3.8, 4) is 0 Å².